The van der Waals surface area contributed by atoms with Crippen molar-refractivity contribution in [1.82, 2.24) is 5.32 Å². The van der Waals surface area contributed by atoms with E-state index in [2.05, 4.69) is 21.2 Å². The van der Waals surface area contributed by atoms with Gasteiger partial charge in [0.05, 0.1) is 6.54 Å². The highest BCUT2D eigenvalue weighted by Gasteiger charge is 2.11. The lowest BCUT2D eigenvalue weighted by Gasteiger charge is -2.14. The van der Waals surface area contributed by atoms with Gasteiger partial charge >= 0.3 is 5.97 Å². The Kier molecular flexibility index (Phi) is 4.39. The molecule has 0 aliphatic carbocycles. The number of carboxylic acids is 1. The first-order valence-corrected chi connectivity index (χ1v) is 6.67. The molecule has 0 amide bonds. The number of nitrogens with one attached hydrogen (secondary N) is 1. The lowest BCUT2D eigenvalue weighted by Crippen LogP contribution is -2.18. The predicted molar refractivity (Wildman–Crippen MR) is 75.1 cm³/mol. The van der Waals surface area contributed by atoms with Crippen LogP contribution in [0.25, 0.3) is 0 Å². The third kappa shape index (κ3) is 3.45. The molecule has 19 heavy (non-hydrogen) atoms. The molecule has 1 heterocycles. The minimum atomic E-state index is -1.05. The minimum absolute atomic E-state index is 0.0367. The van der Waals surface area contributed by atoms with Crippen LogP contribution in [0.2, 0.25) is 0 Å². The van der Waals surface area contributed by atoms with Gasteiger partial charge in [-0.15, -0.1) is 0 Å². The molecule has 0 radical (unpaired) electrons. The SMILES string of the molecule is C[C@H](NCc1ccc(C(=O)O)o1)c1ccccc1Br. The molecule has 2 N–H and O–H groups in total. The summed E-state index contributed by atoms with van der Waals surface area (Å²) in [5.74, 6) is -0.480. The number of benzene rings is 1. The number of furan rings is 1. The summed E-state index contributed by atoms with van der Waals surface area (Å²) in [4.78, 5) is 10.7. The molecular formula is C14H14BrNO3. The Morgan fingerprint density at radius 1 is 1.37 bits per heavy atom. The van der Waals surface area contributed by atoms with Gasteiger partial charge in [0.1, 0.15) is 5.76 Å². The van der Waals surface area contributed by atoms with Gasteiger partial charge in [0.15, 0.2) is 0 Å². The van der Waals surface area contributed by atoms with Crippen molar-refractivity contribution >= 4 is 21.9 Å². The van der Waals surface area contributed by atoms with Crippen molar-refractivity contribution in [2.45, 2.75) is 19.5 Å². The average molecular weight is 324 g/mol. The van der Waals surface area contributed by atoms with Crippen molar-refractivity contribution in [1.29, 1.82) is 0 Å². The lowest BCUT2D eigenvalue weighted by atomic mass is 10.1. The lowest BCUT2D eigenvalue weighted by molar-refractivity contribution is 0.0660. The van der Waals surface area contributed by atoms with Crippen molar-refractivity contribution < 1.29 is 14.3 Å². The molecule has 1 aromatic heterocycles. The largest absolute Gasteiger partial charge is 0.475 e. The third-order valence-corrected chi connectivity index (χ3v) is 3.55. The van der Waals surface area contributed by atoms with Gasteiger partial charge < -0.3 is 14.8 Å². The van der Waals surface area contributed by atoms with Crippen LogP contribution in [0, 0.1) is 0 Å². The van der Waals surface area contributed by atoms with Crippen LogP contribution in [-0.2, 0) is 6.54 Å². The van der Waals surface area contributed by atoms with E-state index < -0.39 is 5.97 Å². The van der Waals surface area contributed by atoms with E-state index >= 15 is 0 Å². The van der Waals surface area contributed by atoms with Crippen LogP contribution in [-0.4, -0.2) is 11.1 Å². The molecule has 0 aliphatic rings. The van der Waals surface area contributed by atoms with E-state index in [0.29, 0.717) is 12.3 Å². The molecular weight excluding hydrogens is 310 g/mol. The van der Waals surface area contributed by atoms with Crippen LogP contribution in [0.3, 0.4) is 0 Å². The minimum Gasteiger partial charge on any atom is -0.475 e. The summed E-state index contributed by atoms with van der Waals surface area (Å²) in [6, 6.07) is 11.2. The van der Waals surface area contributed by atoms with Gasteiger partial charge in [-0.25, -0.2) is 4.79 Å². The van der Waals surface area contributed by atoms with Gasteiger partial charge in [-0.3, -0.25) is 0 Å². The molecule has 0 aliphatic heterocycles. The Hall–Kier alpha value is -1.59. The Balaban J connectivity index is 1.98. The summed E-state index contributed by atoms with van der Waals surface area (Å²) in [6.07, 6.45) is 0. The highest BCUT2D eigenvalue weighted by molar-refractivity contribution is 9.10. The van der Waals surface area contributed by atoms with Gasteiger partial charge in [-0.2, -0.15) is 0 Å². The first-order valence-electron chi connectivity index (χ1n) is 5.87. The summed E-state index contributed by atoms with van der Waals surface area (Å²) in [5, 5.41) is 12.1. The fourth-order valence-corrected chi connectivity index (χ4v) is 2.41. The second-order valence-corrected chi connectivity index (χ2v) is 5.05. The van der Waals surface area contributed by atoms with Gasteiger partial charge in [0, 0.05) is 10.5 Å². The quantitative estimate of drug-likeness (QED) is 0.882. The van der Waals surface area contributed by atoms with Crippen LogP contribution in [0.4, 0.5) is 0 Å². The molecule has 2 rings (SSSR count). The summed E-state index contributed by atoms with van der Waals surface area (Å²) in [7, 11) is 0. The van der Waals surface area contributed by atoms with Crippen molar-refractivity contribution in [3.8, 4) is 0 Å². The molecule has 1 aromatic carbocycles. The van der Waals surface area contributed by atoms with Gasteiger partial charge in [0.25, 0.3) is 0 Å². The van der Waals surface area contributed by atoms with Crippen molar-refractivity contribution in [3.05, 3.63) is 58.0 Å². The van der Waals surface area contributed by atoms with Crippen LogP contribution in [0.1, 0.15) is 34.8 Å². The Bertz CT molecular complexity index is 580. The Labute approximate surface area is 119 Å². The van der Waals surface area contributed by atoms with E-state index in [-0.39, 0.29) is 11.8 Å². The first kappa shape index (κ1) is 13.8. The molecule has 100 valence electrons. The van der Waals surface area contributed by atoms with Gasteiger partial charge in [-0.1, -0.05) is 34.1 Å². The van der Waals surface area contributed by atoms with Crippen LogP contribution in [0.15, 0.2) is 45.3 Å². The van der Waals surface area contributed by atoms with E-state index in [4.69, 9.17) is 9.52 Å². The maximum atomic E-state index is 10.7. The van der Waals surface area contributed by atoms with E-state index in [0.717, 1.165) is 10.0 Å². The zero-order valence-electron chi connectivity index (χ0n) is 10.4. The zero-order valence-corrected chi connectivity index (χ0v) is 12.0. The average Bonchev–Trinajstić information content (AvgIpc) is 2.85. The number of carboxylic acid groups (broad SMARTS) is 1. The molecule has 4 nitrogen and oxygen atoms in total. The number of aromatic carboxylic acids is 1. The van der Waals surface area contributed by atoms with E-state index in [1.165, 1.54) is 6.07 Å². The molecule has 0 saturated heterocycles. The second-order valence-electron chi connectivity index (χ2n) is 4.20. The fourth-order valence-electron chi connectivity index (χ4n) is 1.78. The maximum absolute atomic E-state index is 10.7. The van der Waals surface area contributed by atoms with Crippen molar-refractivity contribution in [2.75, 3.05) is 0 Å². The van der Waals surface area contributed by atoms with Crippen molar-refractivity contribution in [3.63, 3.8) is 0 Å². The Morgan fingerprint density at radius 3 is 2.74 bits per heavy atom. The van der Waals surface area contributed by atoms with Crippen LogP contribution < -0.4 is 5.32 Å². The molecule has 0 fully saturated rings. The van der Waals surface area contributed by atoms with Crippen LogP contribution >= 0.6 is 15.9 Å². The number of hydrogen-bond acceptors (Lipinski definition) is 3. The highest BCUT2D eigenvalue weighted by atomic mass is 79.9. The van der Waals surface area contributed by atoms with Gasteiger partial charge in [0.2, 0.25) is 5.76 Å². The number of halogens is 1. The van der Waals surface area contributed by atoms with E-state index in [9.17, 15) is 4.79 Å². The zero-order chi connectivity index (χ0) is 13.8. The maximum Gasteiger partial charge on any atom is 0.371 e. The number of carbonyl (C=O) groups is 1. The molecule has 2 aromatic rings. The molecule has 5 heteroatoms. The normalized spacial score (nSPS) is 12.3. The van der Waals surface area contributed by atoms with E-state index in [1.54, 1.807) is 6.07 Å². The molecule has 0 unspecified atom stereocenters. The fraction of sp³-hybridized carbons (Fsp3) is 0.214. The van der Waals surface area contributed by atoms with E-state index in [1.807, 2.05) is 31.2 Å². The standard InChI is InChI=1S/C14H14BrNO3/c1-9(11-4-2-3-5-12(11)15)16-8-10-6-7-13(19-10)14(17)18/h2-7,9,16H,8H2,1H3,(H,17,18)/t9-/m0/s1. The van der Waals surface area contributed by atoms with Crippen LogP contribution in [0.5, 0.6) is 0 Å². The summed E-state index contributed by atoms with van der Waals surface area (Å²) >= 11 is 3.51. The number of rotatable bonds is 5. The number of hydrogen-bond donors (Lipinski definition) is 2. The monoisotopic (exact) mass is 323 g/mol. The van der Waals surface area contributed by atoms with Crippen molar-refractivity contribution in [2.24, 2.45) is 0 Å². The predicted octanol–water partition coefficient (Wildman–Crippen LogP) is 3.59. The first-order chi connectivity index (χ1) is 9.08. The third-order valence-electron chi connectivity index (χ3n) is 2.83. The molecule has 0 saturated carbocycles. The molecule has 0 bridgehead atoms. The molecule has 0 spiro atoms. The second kappa shape index (κ2) is 6.04. The summed E-state index contributed by atoms with van der Waals surface area (Å²) < 4.78 is 6.23. The Morgan fingerprint density at radius 2 is 2.11 bits per heavy atom. The summed E-state index contributed by atoms with van der Waals surface area (Å²) in [6.45, 7) is 2.52. The topological polar surface area (TPSA) is 62.5 Å². The van der Waals surface area contributed by atoms with Gasteiger partial charge in [-0.05, 0) is 30.7 Å². The smallest absolute Gasteiger partial charge is 0.371 e. The molecule has 1 atom stereocenters. The highest BCUT2D eigenvalue weighted by Crippen LogP contribution is 2.23. The summed E-state index contributed by atoms with van der Waals surface area (Å²) in [5.41, 5.74) is 1.15.